The van der Waals surface area contributed by atoms with Gasteiger partial charge in [0.25, 0.3) is 0 Å². The second kappa shape index (κ2) is 4.59. The van der Waals surface area contributed by atoms with E-state index in [1.165, 1.54) is 4.90 Å². The van der Waals surface area contributed by atoms with Crippen LogP contribution in [-0.2, 0) is 4.74 Å². The molecule has 0 bridgehead atoms. The van der Waals surface area contributed by atoms with Crippen LogP contribution >= 0.6 is 0 Å². The van der Waals surface area contributed by atoms with E-state index in [2.05, 4.69) is 0 Å². The Morgan fingerprint density at radius 3 is 2.57 bits per heavy atom. The van der Waals surface area contributed by atoms with Gasteiger partial charge in [-0.05, 0) is 6.92 Å². The van der Waals surface area contributed by atoms with Crippen molar-refractivity contribution in [1.29, 1.82) is 0 Å². The van der Waals surface area contributed by atoms with E-state index in [9.17, 15) is 9.18 Å². The molecule has 0 aromatic rings. The van der Waals surface area contributed by atoms with Crippen molar-refractivity contribution in [3.8, 4) is 0 Å². The van der Waals surface area contributed by atoms with Gasteiger partial charge in [0.1, 0.15) is 5.67 Å². The van der Waals surface area contributed by atoms with Crippen molar-refractivity contribution in [3.05, 3.63) is 0 Å². The van der Waals surface area contributed by atoms with Crippen LogP contribution < -0.4 is 0 Å². The fourth-order valence-corrected chi connectivity index (χ4v) is 1.53. The molecule has 1 fully saturated rings. The summed E-state index contributed by atoms with van der Waals surface area (Å²) in [5.41, 5.74) is -1.33. The first-order valence-electron chi connectivity index (χ1n) is 4.82. The fourth-order valence-electron chi connectivity index (χ4n) is 1.53. The van der Waals surface area contributed by atoms with Gasteiger partial charge in [0.05, 0.1) is 6.61 Å². The van der Waals surface area contributed by atoms with E-state index in [4.69, 9.17) is 9.84 Å². The Hall–Kier alpha value is -0.840. The summed E-state index contributed by atoms with van der Waals surface area (Å²) in [6, 6.07) is 0. The van der Waals surface area contributed by atoms with Crippen molar-refractivity contribution in [3.63, 3.8) is 0 Å². The quantitative estimate of drug-likeness (QED) is 0.759. The number of nitrogens with zero attached hydrogens (tertiary/aromatic N) is 1. The normalized spacial score (nSPS) is 20.9. The number of carboxylic acid groups (broad SMARTS) is 1. The van der Waals surface area contributed by atoms with Crippen LogP contribution in [0, 0.1) is 0 Å². The van der Waals surface area contributed by atoms with Crippen LogP contribution in [0.15, 0.2) is 0 Å². The van der Waals surface area contributed by atoms with Crippen molar-refractivity contribution in [2.45, 2.75) is 25.4 Å². The van der Waals surface area contributed by atoms with Gasteiger partial charge in [-0.1, -0.05) is 0 Å². The fraction of sp³-hybridized carbons (Fsp3) is 0.889. The van der Waals surface area contributed by atoms with Gasteiger partial charge in [-0.25, -0.2) is 9.18 Å². The molecule has 0 unspecified atom stereocenters. The average Bonchev–Trinajstić information content (AvgIpc) is 2.16. The van der Waals surface area contributed by atoms with Gasteiger partial charge in [0, 0.05) is 32.5 Å². The summed E-state index contributed by atoms with van der Waals surface area (Å²) < 4.78 is 18.9. The summed E-state index contributed by atoms with van der Waals surface area (Å²) >= 11 is 0. The molecular formula is C9H16FNO3. The van der Waals surface area contributed by atoms with Gasteiger partial charge in [-0.3, -0.25) is 0 Å². The first-order valence-corrected chi connectivity index (χ1v) is 4.82. The van der Waals surface area contributed by atoms with E-state index in [1.807, 2.05) is 6.92 Å². The van der Waals surface area contributed by atoms with Crippen molar-refractivity contribution in [2.24, 2.45) is 0 Å². The number of halogens is 1. The largest absolute Gasteiger partial charge is 0.465 e. The number of rotatable bonds is 3. The number of alkyl halides is 1. The molecular weight excluding hydrogens is 189 g/mol. The molecule has 0 radical (unpaired) electrons. The van der Waals surface area contributed by atoms with Crippen LogP contribution in [0.1, 0.15) is 19.8 Å². The minimum atomic E-state index is -1.33. The van der Waals surface area contributed by atoms with Crippen LogP contribution in [-0.4, -0.2) is 48.1 Å². The summed E-state index contributed by atoms with van der Waals surface area (Å²) in [5.74, 6) is 0. The second-order valence-electron chi connectivity index (χ2n) is 3.56. The Morgan fingerprint density at radius 2 is 2.14 bits per heavy atom. The van der Waals surface area contributed by atoms with Crippen LogP contribution in [0.5, 0.6) is 0 Å². The van der Waals surface area contributed by atoms with Crippen LogP contribution in [0.3, 0.4) is 0 Å². The number of hydrogen-bond acceptors (Lipinski definition) is 2. The van der Waals surface area contributed by atoms with E-state index in [1.54, 1.807) is 0 Å². The van der Waals surface area contributed by atoms with E-state index in [-0.39, 0.29) is 32.5 Å². The molecule has 1 heterocycles. The second-order valence-corrected chi connectivity index (χ2v) is 3.56. The zero-order chi connectivity index (χ0) is 10.6. The number of hydrogen-bond donors (Lipinski definition) is 1. The Morgan fingerprint density at radius 1 is 1.57 bits per heavy atom. The van der Waals surface area contributed by atoms with Gasteiger partial charge in [-0.15, -0.1) is 0 Å². The minimum Gasteiger partial charge on any atom is -0.465 e. The third-order valence-corrected chi connectivity index (χ3v) is 2.49. The maximum absolute atomic E-state index is 13.9. The molecule has 0 aromatic heterocycles. The monoisotopic (exact) mass is 205 g/mol. The van der Waals surface area contributed by atoms with Gasteiger partial charge in [-0.2, -0.15) is 0 Å². The topological polar surface area (TPSA) is 49.8 Å². The average molecular weight is 205 g/mol. The lowest BCUT2D eigenvalue weighted by Crippen LogP contribution is -2.46. The zero-order valence-corrected chi connectivity index (χ0v) is 8.33. The third kappa shape index (κ3) is 2.83. The number of likely N-dealkylation sites (tertiary alicyclic amines) is 1. The Balaban J connectivity index is 2.36. The Kier molecular flexibility index (Phi) is 3.69. The number of amides is 1. The van der Waals surface area contributed by atoms with E-state index in [0.29, 0.717) is 6.61 Å². The van der Waals surface area contributed by atoms with Gasteiger partial charge in [0.15, 0.2) is 0 Å². The van der Waals surface area contributed by atoms with Crippen LogP contribution in [0.2, 0.25) is 0 Å². The number of carbonyl (C=O) groups is 1. The lowest BCUT2D eigenvalue weighted by Gasteiger charge is -2.34. The predicted molar refractivity (Wildman–Crippen MR) is 49.2 cm³/mol. The summed E-state index contributed by atoms with van der Waals surface area (Å²) in [6.45, 7) is 2.92. The molecule has 14 heavy (non-hydrogen) atoms. The highest BCUT2D eigenvalue weighted by atomic mass is 19.1. The molecule has 1 rings (SSSR count). The summed E-state index contributed by atoms with van der Waals surface area (Å²) in [4.78, 5) is 11.8. The van der Waals surface area contributed by atoms with Crippen molar-refractivity contribution in [1.82, 2.24) is 4.90 Å². The molecule has 1 aliphatic rings. The first-order chi connectivity index (χ1) is 6.57. The predicted octanol–water partition coefficient (Wildman–Crippen LogP) is 1.50. The van der Waals surface area contributed by atoms with Gasteiger partial charge >= 0.3 is 6.09 Å². The molecule has 1 aliphatic heterocycles. The molecule has 1 N–H and O–H groups in total. The van der Waals surface area contributed by atoms with E-state index in [0.717, 1.165) is 0 Å². The van der Waals surface area contributed by atoms with Gasteiger partial charge in [0.2, 0.25) is 0 Å². The molecule has 0 aromatic carbocycles. The maximum Gasteiger partial charge on any atom is 0.407 e. The maximum atomic E-state index is 13.9. The summed E-state index contributed by atoms with van der Waals surface area (Å²) in [5, 5.41) is 8.66. The molecule has 1 amide bonds. The molecule has 82 valence electrons. The number of ether oxygens (including phenoxy) is 1. The van der Waals surface area contributed by atoms with Crippen LogP contribution in [0.25, 0.3) is 0 Å². The SMILES string of the molecule is CCOCC1(F)CCN(C(=O)O)CC1. The first kappa shape index (κ1) is 11.2. The Labute approximate surface area is 82.6 Å². The minimum absolute atomic E-state index is 0.0803. The lowest BCUT2D eigenvalue weighted by atomic mass is 9.94. The number of piperidine rings is 1. The highest BCUT2D eigenvalue weighted by Gasteiger charge is 2.36. The molecule has 4 nitrogen and oxygen atoms in total. The van der Waals surface area contributed by atoms with Crippen molar-refractivity contribution >= 4 is 6.09 Å². The summed E-state index contributed by atoms with van der Waals surface area (Å²) in [7, 11) is 0. The van der Waals surface area contributed by atoms with Gasteiger partial charge < -0.3 is 14.7 Å². The smallest absolute Gasteiger partial charge is 0.407 e. The zero-order valence-electron chi connectivity index (χ0n) is 8.33. The highest BCUT2D eigenvalue weighted by Crippen LogP contribution is 2.26. The molecule has 0 aliphatic carbocycles. The van der Waals surface area contributed by atoms with E-state index >= 15 is 0 Å². The van der Waals surface area contributed by atoms with Crippen LogP contribution in [0.4, 0.5) is 9.18 Å². The lowest BCUT2D eigenvalue weighted by molar-refractivity contribution is -0.0184. The van der Waals surface area contributed by atoms with E-state index < -0.39 is 11.8 Å². The third-order valence-electron chi connectivity index (χ3n) is 2.49. The summed E-state index contributed by atoms with van der Waals surface area (Å²) in [6.07, 6.45) is -0.498. The molecule has 1 saturated heterocycles. The molecule has 5 heteroatoms. The Bertz CT molecular complexity index is 202. The highest BCUT2D eigenvalue weighted by molar-refractivity contribution is 5.65. The molecule has 0 atom stereocenters. The molecule has 0 spiro atoms. The van der Waals surface area contributed by atoms with Crippen molar-refractivity contribution in [2.75, 3.05) is 26.3 Å². The standard InChI is InChI=1S/C9H16FNO3/c1-2-14-7-9(10)3-5-11(6-4-9)8(12)13/h2-7H2,1H3,(H,12,13). The molecule has 0 saturated carbocycles. The van der Waals surface area contributed by atoms with Crippen molar-refractivity contribution < 1.29 is 19.0 Å².